The molecule has 2 nitrogen and oxygen atoms in total. The molecule has 1 atom stereocenters. The summed E-state index contributed by atoms with van der Waals surface area (Å²) < 4.78 is 0. The fourth-order valence-corrected chi connectivity index (χ4v) is 0.958. The largest absolute Gasteiger partial charge is 0.384 e. The quantitative estimate of drug-likeness (QED) is 0.519. The van der Waals surface area contributed by atoms with Crippen molar-refractivity contribution in [3.8, 4) is 0 Å². The van der Waals surface area contributed by atoms with Gasteiger partial charge in [-0.2, -0.15) is 0 Å². The molecule has 50 valence electrons. The Labute approximate surface area is 55.5 Å². The van der Waals surface area contributed by atoms with Gasteiger partial charge >= 0.3 is 0 Å². The van der Waals surface area contributed by atoms with E-state index in [1.165, 1.54) is 5.57 Å². The number of nitrogens with zero attached hydrogens (tertiary/aromatic N) is 1. The highest BCUT2D eigenvalue weighted by Crippen LogP contribution is 2.15. The molecule has 0 spiro atoms. The molecule has 0 saturated heterocycles. The zero-order chi connectivity index (χ0) is 6.85. The zero-order valence-electron chi connectivity index (χ0n) is 5.89. The van der Waals surface area contributed by atoms with Gasteiger partial charge in [0.15, 0.2) is 0 Å². The van der Waals surface area contributed by atoms with Crippen LogP contribution < -0.4 is 5.73 Å². The second-order valence-corrected chi connectivity index (χ2v) is 2.63. The first-order chi connectivity index (χ1) is 4.20. The summed E-state index contributed by atoms with van der Waals surface area (Å²) in [5.41, 5.74) is 6.74. The van der Waals surface area contributed by atoms with Gasteiger partial charge in [-0.15, -0.1) is 0 Å². The maximum absolute atomic E-state index is 5.52. The first-order valence-electron chi connectivity index (χ1n) is 3.19. The van der Waals surface area contributed by atoms with Crippen molar-refractivity contribution in [3.05, 3.63) is 11.4 Å². The minimum absolute atomic E-state index is 0.567. The van der Waals surface area contributed by atoms with Crippen molar-refractivity contribution < 1.29 is 0 Å². The number of rotatable bonds is 0. The smallest absolute Gasteiger partial charge is 0.121 e. The van der Waals surface area contributed by atoms with Gasteiger partial charge in [-0.05, 0) is 24.8 Å². The summed E-state index contributed by atoms with van der Waals surface area (Å²) in [6.07, 6.45) is 2.97. The summed E-state index contributed by atoms with van der Waals surface area (Å²) in [5.74, 6) is 1.27. The SMILES string of the molecule is CC1=C(N)N=CC(C)C1. The van der Waals surface area contributed by atoms with Crippen LogP contribution in [0.15, 0.2) is 16.4 Å². The van der Waals surface area contributed by atoms with Crippen molar-refractivity contribution in [1.82, 2.24) is 0 Å². The monoisotopic (exact) mass is 124 g/mol. The maximum Gasteiger partial charge on any atom is 0.121 e. The second kappa shape index (κ2) is 2.21. The molecule has 0 bridgehead atoms. The fourth-order valence-electron chi connectivity index (χ4n) is 0.958. The molecule has 1 heterocycles. The van der Waals surface area contributed by atoms with Crippen LogP contribution in [0.5, 0.6) is 0 Å². The van der Waals surface area contributed by atoms with E-state index >= 15 is 0 Å². The molecular weight excluding hydrogens is 112 g/mol. The molecule has 0 amide bonds. The standard InChI is InChI=1S/C7H12N2/c1-5-3-6(2)7(8)9-4-5/h4-5H,3,8H2,1-2H3. The van der Waals surface area contributed by atoms with Gasteiger partial charge in [0.1, 0.15) is 5.82 Å². The zero-order valence-corrected chi connectivity index (χ0v) is 5.89. The average molecular weight is 124 g/mol. The molecule has 1 aliphatic heterocycles. The minimum atomic E-state index is 0.567. The van der Waals surface area contributed by atoms with E-state index in [0.29, 0.717) is 11.7 Å². The molecule has 0 aliphatic carbocycles. The van der Waals surface area contributed by atoms with Crippen molar-refractivity contribution in [2.24, 2.45) is 16.6 Å². The van der Waals surface area contributed by atoms with E-state index in [0.717, 1.165) is 6.42 Å². The highest BCUT2D eigenvalue weighted by atomic mass is 14.9. The summed E-state index contributed by atoms with van der Waals surface area (Å²) >= 11 is 0. The van der Waals surface area contributed by atoms with Crippen molar-refractivity contribution in [1.29, 1.82) is 0 Å². The first kappa shape index (κ1) is 6.33. The lowest BCUT2D eigenvalue weighted by atomic mass is 10.0. The molecule has 0 aromatic heterocycles. The van der Waals surface area contributed by atoms with E-state index in [-0.39, 0.29) is 0 Å². The van der Waals surface area contributed by atoms with Crippen molar-refractivity contribution in [2.75, 3.05) is 0 Å². The lowest BCUT2D eigenvalue weighted by Gasteiger charge is -2.12. The normalized spacial score (nSPS) is 27.1. The molecule has 1 aliphatic rings. The van der Waals surface area contributed by atoms with E-state index in [4.69, 9.17) is 5.73 Å². The number of allylic oxidation sites excluding steroid dienone is 1. The molecule has 0 aromatic rings. The van der Waals surface area contributed by atoms with Crippen LogP contribution in [-0.2, 0) is 0 Å². The Balaban J connectivity index is 2.75. The molecule has 0 saturated carbocycles. The molecule has 9 heavy (non-hydrogen) atoms. The highest BCUT2D eigenvalue weighted by Gasteiger charge is 2.06. The van der Waals surface area contributed by atoms with Crippen LogP contribution >= 0.6 is 0 Å². The molecule has 0 radical (unpaired) electrons. The molecule has 2 heteroatoms. The second-order valence-electron chi connectivity index (χ2n) is 2.63. The Hall–Kier alpha value is -0.790. The van der Waals surface area contributed by atoms with Gasteiger partial charge in [-0.3, -0.25) is 0 Å². The van der Waals surface area contributed by atoms with Gasteiger partial charge in [0, 0.05) is 6.21 Å². The summed E-state index contributed by atoms with van der Waals surface area (Å²) in [4.78, 5) is 4.02. The Morgan fingerprint density at radius 1 is 1.78 bits per heavy atom. The Morgan fingerprint density at radius 3 is 2.89 bits per heavy atom. The van der Waals surface area contributed by atoms with Gasteiger partial charge in [0.2, 0.25) is 0 Å². The lowest BCUT2D eigenvalue weighted by molar-refractivity contribution is 0.743. The summed E-state index contributed by atoms with van der Waals surface area (Å²) in [6.45, 7) is 4.17. The van der Waals surface area contributed by atoms with Crippen LogP contribution in [0.3, 0.4) is 0 Å². The molecule has 0 aromatic carbocycles. The van der Waals surface area contributed by atoms with E-state index in [1.807, 2.05) is 13.1 Å². The molecule has 2 N–H and O–H groups in total. The number of hydrogen-bond donors (Lipinski definition) is 1. The van der Waals surface area contributed by atoms with Crippen LogP contribution in [0.25, 0.3) is 0 Å². The summed E-state index contributed by atoms with van der Waals surface area (Å²) in [7, 11) is 0. The van der Waals surface area contributed by atoms with Gasteiger partial charge in [-0.1, -0.05) is 6.92 Å². The fraction of sp³-hybridized carbons (Fsp3) is 0.571. The van der Waals surface area contributed by atoms with Gasteiger partial charge < -0.3 is 5.73 Å². The van der Waals surface area contributed by atoms with E-state index in [9.17, 15) is 0 Å². The third-order valence-electron chi connectivity index (χ3n) is 1.53. The minimum Gasteiger partial charge on any atom is -0.384 e. The van der Waals surface area contributed by atoms with Gasteiger partial charge in [0.05, 0.1) is 0 Å². The van der Waals surface area contributed by atoms with Gasteiger partial charge in [0.25, 0.3) is 0 Å². The third kappa shape index (κ3) is 1.31. The highest BCUT2D eigenvalue weighted by molar-refractivity contribution is 5.64. The van der Waals surface area contributed by atoms with Crippen LogP contribution in [0.1, 0.15) is 20.3 Å². The van der Waals surface area contributed by atoms with Crippen molar-refractivity contribution >= 4 is 6.21 Å². The predicted molar refractivity (Wildman–Crippen MR) is 39.2 cm³/mol. The maximum atomic E-state index is 5.52. The number of nitrogens with two attached hydrogens (primary N) is 1. The first-order valence-corrected chi connectivity index (χ1v) is 3.19. The summed E-state index contributed by atoms with van der Waals surface area (Å²) in [6, 6.07) is 0. The van der Waals surface area contributed by atoms with E-state index in [1.54, 1.807) is 0 Å². The van der Waals surface area contributed by atoms with Crippen molar-refractivity contribution in [3.63, 3.8) is 0 Å². The summed E-state index contributed by atoms with van der Waals surface area (Å²) in [5, 5.41) is 0. The lowest BCUT2D eigenvalue weighted by Crippen LogP contribution is -2.09. The van der Waals surface area contributed by atoms with Crippen LogP contribution in [0.4, 0.5) is 0 Å². The number of aliphatic imine (C=N–C) groups is 1. The number of hydrogen-bond acceptors (Lipinski definition) is 2. The van der Waals surface area contributed by atoms with Crippen LogP contribution in [0, 0.1) is 5.92 Å². The van der Waals surface area contributed by atoms with Crippen molar-refractivity contribution in [2.45, 2.75) is 20.3 Å². The molecular formula is C7H12N2. The van der Waals surface area contributed by atoms with Gasteiger partial charge in [-0.25, -0.2) is 4.99 Å². The third-order valence-corrected chi connectivity index (χ3v) is 1.53. The predicted octanol–water partition coefficient (Wildman–Crippen LogP) is 1.29. The average Bonchev–Trinajstić information content (AvgIpc) is 1.80. The van der Waals surface area contributed by atoms with Crippen LogP contribution in [-0.4, -0.2) is 6.21 Å². The topological polar surface area (TPSA) is 38.4 Å². The Morgan fingerprint density at radius 2 is 2.44 bits per heavy atom. The Bertz CT molecular complexity index is 168. The van der Waals surface area contributed by atoms with Crippen LogP contribution in [0.2, 0.25) is 0 Å². The van der Waals surface area contributed by atoms with E-state index in [2.05, 4.69) is 11.9 Å². The molecule has 1 rings (SSSR count). The Kier molecular flexibility index (Phi) is 1.56. The van der Waals surface area contributed by atoms with E-state index < -0.39 is 0 Å². The molecule has 0 fully saturated rings. The molecule has 1 unspecified atom stereocenters.